The van der Waals surface area contributed by atoms with Gasteiger partial charge in [-0.1, -0.05) is 12.8 Å². The summed E-state index contributed by atoms with van der Waals surface area (Å²) in [6.45, 7) is 5.18. The lowest BCUT2D eigenvalue weighted by Crippen LogP contribution is -2.55. The first-order chi connectivity index (χ1) is 10.5. The fourth-order valence-electron chi connectivity index (χ4n) is 3.85. The topological polar surface area (TPSA) is 65.5 Å². The zero-order valence-electron chi connectivity index (χ0n) is 13.4. The van der Waals surface area contributed by atoms with E-state index in [1.165, 1.54) is 0 Å². The summed E-state index contributed by atoms with van der Waals surface area (Å²) in [4.78, 5) is 18.6. The zero-order chi connectivity index (χ0) is 15.7. The molecule has 0 bridgehead atoms. The van der Waals surface area contributed by atoms with Gasteiger partial charge in [0, 0.05) is 24.7 Å². The van der Waals surface area contributed by atoms with E-state index in [-0.39, 0.29) is 11.9 Å². The fraction of sp³-hybridized carbons (Fsp3) is 0.647. The van der Waals surface area contributed by atoms with E-state index >= 15 is 0 Å². The van der Waals surface area contributed by atoms with Crippen molar-refractivity contribution in [2.45, 2.75) is 51.6 Å². The Morgan fingerprint density at radius 3 is 2.95 bits per heavy atom. The maximum atomic E-state index is 12.5. The van der Waals surface area contributed by atoms with Crippen LogP contribution in [0.1, 0.15) is 43.4 Å². The smallest absolute Gasteiger partial charge is 0.323 e. The van der Waals surface area contributed by atoms with E-state index in [9.17, 15) is 9.90 Å². The Labute approximate surface area is 131 Å². The molecular formula is C17H25N3O2. The number of carbonyl (C=O) groups excluding carboxylic acids is 1. The molecule has 3 rings (SSSR count). The van der Waals surface area contributed by atoms with Crippen LogP contribution in [0.2, 0.25) is 0 Å². The van der Waals surface area contributed by atoms with Crippen LogP contribution in [0.3, 0.4) is 0 Å². The van der Waals surface area contributed by atoms with E-state index in [4.69, 9.17) is 0 Å². The number of piperidine rings is 1. The number of nitrogens with zero attached hydrogens (tertiary/aromatic N) is 2. The highest BCUT2D eigenvalue weighted by Gasteiger charge is 2.43. The van der Waals surface area contributed by atoms with Crippen LogP contribution in [0, 0.1) is 19.8 Å². The molecule has 1 aliphatic carbocycles. The Hall–Kier alpha value is -1.62. The molecule has 2 unspecified atom stereocenters. The van der Waals surface area contributed by atoms with E-state index in [0.29, 0.717) is 25.3 Å². The number of fused-ring (bicyclic) bond motifs is 1. The van der Waals surface area contributed by atoms with E-state index in [0.717, 1.165) is 36.9 Å². The van der Waals surface area contributed by atoms with Gasteiger partial charge in [0.25, 0.3) is 0 Å². The number of anilines is 1. The van der Waals surface area contributed by atoms with Crippen molar-refractivity contribution >= 4 is 11.8 Å². The minimum Gasteiger partial charge on any atom is -0.389 e. The highest BCUT2D eigenvalue weighted by Crippen LogP contribution is 2.39. The summed E-state index contributed by atoms with van der Waals surface area (Å²) in [5, 5.41) is 13.6. The van der Waals surface area contributed by atoms with Crippen molar-refractivity contribution in [1.29, 1.82) is 0 Å². The van der Waals surface area contributed by atoms with Crippen LogP contribution in [-0.2, 0) is 0 Å². The third-order valence-electron chi connectivity index (χ3n) is 5.05. The predicted molar refractivity (Wildman–Crippen MR) is 85.8 cm³/mol. The molecule has 0 radical (unpaired) electrons. The largest absolute Gasteiger partial charge is 0.389 e. The predicted octanol–water partition coefficient (Wildman–Crippen LogP) is 2.86. The van der Waals surface area contributed by atoms with Gasteiger partial charge in [-0.25, -0.2) is 9.78 Å². The van der Waals surface area contributed by atoms with Gasteiger partial charge in [0.05, 0.1) is 5.60 Å². The molecular weight excluding hydrogens is 278 g/mol. The number of pyridine rings is 1. The summed E-state index contributed by atoms with van der Waals surface area (Å²) in [6.07, 6.45) is 4.84. The summed E-state index contributed by atoms with van der Waals surface area (Å²) in [6, 6.07) is 3.76. The van der Waals surface area contributed by atoms with Gasteiger partial charge in [-0.2, -0.15) is 0 Å². The van der Waals surface area contributed by atoms with Gasteiger partial charge in [0.1, 0.15) is 5.82 Å². The van der Waals surface area contributed by atoms with Crippen LogP contribution in [0.25, 0.3) is 0 Å². The maximum absolute atomic E-state index is 12.5. The second kappa shape index (κ2) is 5.88. The molecule has 5 nitrogen and oxygen atoms in total. The van der Waals surface area contributed by atoms with Crippen LogP contribution >= 0.6 is 0 Å². The number of amides is 2. The summed E-state index contributed by atoms with van der Waals surface area (Å²) >= 11 is 0. The molecule has 2 N–H and O–H groups in total. The number of likely N-dealkylation sites (tertiary alicyclic amines) is 1. The van der Waals surface area contributed by atoms with Crippen molar-refractivity contribution in [3.05, 3.63) is 23.4 Å². The average Bonchev–Trinajstić information content (AvgIpc) is 2.45. The first-order valence-corrected chi connectivity index (χ1v) is 8.20. The number of nitrogens with one attached hydrogen (secondary N) is 1. The molecule has 1 saturated carbocycles. The van der Waals surface area contributed by atoms with Crippen LogP contribution in [0.15, 0.2) is 12.1 Å². The molecule has 2 heterocycles. The van der Waals surface area contributed by atoms with Crippen molar-refractivity contribution in [3.63, 3.8) is 0 Å². The Morgan fingerprint density at radius 1 is 1.36 bits per heavy atom. The lowest BCUT2D eigenvalue weighted by Gasteiger charge is -2.47. The summed E-state index contributed by atoms with van der Waals surface area (Å²) in [7, 11) is 0. The van der Waals surface area contributed by atoms with Crippen LogP contribution in [-0.4, -0.2) is 39.7 Å². The molecule has 5 heteroatoms. The van der Waals surface area contributed by atoms with Crippen molar-refractivity contribution in [2.24, 2.45) is 5.92 Å². The lowest BCUT2D eigenvalue weighted by atomic mass is 9.71. The first-order valence-electron chi connectivity index (χ1n) is 8.20. The number of hydrogen-bond acceptors (Lipinski definition) is 3. The van der Waals surface area contributed by atoms with Gasteiger partial charge in [0.15, 0.2) is 0 Å². The van der Waals surface area contributed by atoms with E-state index < -0.39 is 5.60 Å². The molecule has 0 aromatic carbocycles. The van der Waals surface area contributed by atoms with Crippen molar-refractivity contribution in [3.8, 4) is 0 Å². The molecule has 2 amide bonds. The van der Waals surface area contributed by atoms with Crippen LogP contribution < -0.4 is 5.32 Å². The van der Waals surface area contributed by atoms with Gasteiger partial charge in [-0.15, -0.1) is 0 Å². The number of aromatic nitrogens is 1. The standard InChI is InChI=1S/C17H25N3O2/c1-12-9-13(2)18-15(10-12)19-16(21)20-8-7-17(22)6-4-3-5-14(17)11-20/h9-10,14,22H,3-8,11H2,1-2H3,(H,18,19,21). The van der Waals surface area contributed by atoms with Crippen molar-refractivity contribution in [1.82, 2.24) is 9.88 Å². The Morgan fingerprint density at radius 2 is 2.18 bits per heavy atom. The number of hydrogen-bond donors (Lipinski definition) is 2. The number of aliphatic hydroxyl groups is 1. The van der Waals surface area contributed by atoms with Gasteiger partial charge in [-0.05, 0) is 50.8 Å². The van der Waals surface area contributed by atoms with E-state index in [2.05, 4.69) is 10.3 Å². The normalized spacial score (nSPS) is 28.1. The average molecular weight is 303 g/mol. The zero-order valence-corrected chi connectivity index (χ0v) is 13.4. The van der Waals surface area contributed by atoms with Gasteiger partial charge < -0.3 is 10.0 Å². The SMILES string of the molecule is Cc1cc(C)nc(NC(=O)N2CCC3(O)CCCCC3C2)c1. The summed E-state index contributed by atoms with van der Waals surface area (Å²) in [5.41, 5.74) is 1.44. The van der Waals surface area contributed by atoms with Gasteiger partial charge in [0.2, 0.25) is 0 Å². The molecule has 22 heavy (non-hydrogen) atoms. The second-order valence-corrected chi connectivity index (χ2v) is 6.84. The third kappa shape index (κ3) is 3.09. The van der Waals surface area contributed by atoms with Crippen molar-refractivity contribution in [2.75, 3.05) is 18.4 Å². The number of aryl methyl sites for hydroxylation is 2. The van der Waals surface area contributed by atoms with Crippen LogP contribution in [0.5, 0.6) is 0 Å². The Bertz CT molecular complexity index is 555. The monoisotopic (exact) mass is 303 g/mol. The van der Waals surface area contributed by atoms with E-state index in [1.54, 1.807) is 0 Å². The second-order valence-electron chi connectivity index (χ2n) is 6.84. The quantitative estimate of drug-likeness (QED) is 0.838. The number of urea groups is 1. The minimum atomic E-state index is -0.548. The molecule has 120 valence electrons. The molecule has 1 saturated heterocycles. The third-order valence-corrected chi connectivity index (χ3v) is 5.05. The summed E-state index contributed by atoms with van der Waals surface area (Å²) < 4.78 is 0. The number of rotatable bonds is 1. The number of carbonyl (C=O) groups is 1. The molecule has 0 spiro atoms. The molecule has 1 aromatic heterocycles. The molecule has 2 fully saturated rings. The van der Waals surface area contributed by atoms with Gasteiger partial charge in [-0.3, -0.25) is 5.32 Å². The molecule has 1 aliphatic heterocycles. The lowest BCUT2D eigenvalue weighted by molar-refractivity contribution is -0.0863. The Kier molecular flexibility index (Phi) is 4.08. The van der Waals surface area contributed by atoms with Crippen molar-refractivity contribution < 1.29 is 9.90 Å². The van der Waals surface area contributed by atoms with Gasteiger partial charge >= 0.3 is 6.03 Å². The molecule has 2 atom stereocenters. The fourth-order valence-corrected chi connectivity index (χ4v) is 3.85. The summed E-state index contributed by atoms with van der Waals surface area (Å²) in [5.74, 6) is 0.819. The minimum absolute atomic E-state index is 0.106. The Balaban J connectivity index is 1.66. The van der Waals surface area contributed by atoms with E-state index in [1.807, 2.05) is 30.9 Å². The first kappa shape index (κ1) is 15.3. The maximum Gasteiger partial charge on any atom is 0.323 e. The highest BCUT2D eigenvalue weighted by molar-refractivity contribution is 5.88. The molecule has 1 aromatic rings. The molecule has 2 aliphatic rings. The van der Waals surface area contributed by atoms with Crippen LogP contribution in [0.4, 0.5) is 10.6 Å². The highest BCUT2D eigenvalue weighted by atomic mass is 16.3.